The van der Waals surface area contributed by atoms with Crippen LogP contribution in [0, 0.1) is 11.8 Å². The van der Waals surface area contributed by atoms with Gasteiger partial charge in [-0.2, -0.15) is 0 Å². The van der Waals surface area contributed by atoms with Crippen LogP contribution in [0.25, 0.3) is 0 Å². The van der Waals surface area contributed by atoms with Gasteiger partial charge in [-0.3, -0.25) is 0 Å². The maximum Gasteiger partial charge on any atom is 0.0377 e. The molecule has 1 aromatic rings. The largest absolute Gasteiger partial charge is 0.371 e. The second-order valence-corrected chi connectivity index (χ2v) is 6.93. The van der Waals surface area contributed by atoms with Gasteiger partial charge in [-0.25, -0.2) is 0 Å². The Kier molecular flexibility index (Phi) is 3.83. The second kappa shape index (κ2) is 5.43. The molecule has 2 heterocycles. The fourth-order valence-corrected chi connectivity index (χ4v) is 4.18. The molecule has 104 valence electrons. The van der Waals surface area contributed by atoms with Gasteiger partial charge in [-0.05, 0) is 32.3 Å². The smallest absolute Gasteiger partial charge is 0.0377 e. The first kappa shape index (κ1) is 13.4. The van der Waals surface area contributed by atoms with Crippen molar-refractivity contribution in [1.82, 2.24) is 10.2 Å². The van der Waals surface area contributed by atoms with E-state index >= 15 is 0 Å². The summed E-state index contributed by atoms with van der Waals surface area (Å²) >= 11 is 3.58. The van der Waals surface area contributed by atoms with Crippen molar-refractivity contribution in [1.29, 1.82) is 0 Å². The number of benzene rings is 1. The van der Waals surface area contributed by atoms with E-state index in [0.717, 1.165) is 44.1 Å². The van der Waals surface area contributed by atoms with E-state index in [0.29, 0.717) is 0 Å². The lowest BCUT2D eigenvalue weighted by atomic mass is 9.79. The topological polar surface area (TPSA) is 18.5 Å². The number of piperidine rings is 2. The summed E-state index contributed by atoms with van der Waals surface area (Å²) in [7, 11) is 4.45. The second-order valence-electron chi connectivity index (χ2n) is 6.02. The van der Waals surface area contributed by atoms with Crippen LogP contribution in [-0.4, -0.2) is 51.2 Å². The van der Waals surface area contributed by atoms with E-state index in [2.05, 4.69) is 69.4 Å². The molecule has 2 atom stereocenters. The minimum atomic E-state index is 0.724. The maximum absolute atomic E-state index is 3.59. The molecule has 0 amide bonds. The SMILES string of the molecule is CN(C)C1C2CNCC1CN(c1cccc(Br)c1)C2. The van der Waals surface area contributed by atoms with Crippen LogP contribution in [-0.2, 0) is 0 Å². The Morgan fingerprint density at radius 1 is 1.21 bits per heavy atom. The van der Waals surface area contributed by atoms with E-state index in [9.17, 15) is 0 Å². The van der Waals surface area contributed by atoms with Gasteiger partial charge in [-0.15, -0.1) is 0 Å². The fraction of sp³-hybridized carbons (Fsp3) is 0.600. The molecule has 2 saturated heterocycles. The third kappa shape index (κ3) is 2.67. The lowest BCUT2D eigenvalue weighted by Gasteiger charge is -2.50. The Balaban J connectivity index is 1.81. The van der Waals surface area contributed by atoms with Crippen LogP contribution in [0.4, 0.5) is 5.69 Å². The fourth-order valence-electron chi connectivity index (χ4n) is 3.79. The van der Waals surface area contributed by atoms with Crippen molar-refractivity contribution < 1.29 is 0 Å². The summed E-state index contributed by atoms with van der Waals surface area (Å²) in [5.74, 6) is 1.45. The van der Waals surface area contributed by atoms with Gasteiger partial charge < -0.3 is 15.1 Å². The van der Waals surface area contributed by atoms with Gasteiger partial charge in [0.25, 0.3) is 0 Å². The predicted molar refractivity (Wildman–Crippen MR) is 83.7 cm³/mol. The van der Waals surface area contributed by atoms with Gasteiger partial charge in [0.1, 0.15) is 0 Å². The number of anilines is 1. The number of fused-ring (bicyclic) bond motifs is 2. The minimum absolute atomic E-state index is 0.724. The molecule has 0 radical (unpaired) electrons. The summed E-state index contributed by atoms with van der Waals surface area (Å²) < 4.78 is 1.17. The van der Waals surface area contributed by atoms with E-state index in [1.165, 1.54) is 10.2 Å². The Morgan fingerprint density at radius 3 is 2.47 bits per heavy atom. The zero-order chi connectivity index (χ0) is 13.4. The molecule has 2 unspecified atom stereocenters. The monoisotopic (exact) mass is 323 g/mol. The quantitative estimate of drug-likeness (QED) is 0.898. The first-order valence-electron chi connectivity index (χ1n) is 7.03. The van der Waals surface area contributed by atoms with Crippen molar-refractivity contribution in [3.63, 3.8) is 0 Å². The summed E-state index contributed by atoms with van der Waals surface area (Å²) in [6.45, 7) is 4.60. The lowest BCUT2D eigenvalue weighted by molar-refractivity contribution is 0.0896. The maximum atomic E-state index is 3.59. The molecule has 2 fully saturated rings. The summed E-state index contributed by atoms with van der Waals surface area (Å²) in [6.07, 6.45) is 0. The molecule has 3 rings (SSSR count). The number of nitrogens with one attached hydrogen (secondary N) is 1. The van der Waals surface area contributed by atoms with E-state index in [4.69, 9.17) is 0 Å². The summed E-state index contributed by atoms with van der Waals surface area (Å²) in [4.78, 5) is 4.98. The van der Waals surface area contributed by atoms with Crippen LogP contribution in [0.1, 0.15) is 0 Å². The van der Waals surface area contributed by atoms with E-state index in [-0.39, 0.29) is 0 Å². The van der Waals surface area contributed by atoms with E-state index in [1.807, 2.05) is 0 Å². The first-order chi connectivity index (χ1) is 9.15. The molecule has 2 aliphatic rings. The summed E-state index contributed by atoms with van der Waals surface area (Å²) in [6, 6.07) is 9.41. The van der Waals surface area contributed by atoms with Crippen LogP contribution in [0.3, 0.4) is 0 Å². The Hall–Kier alpha value is -0.580. The highest BCUT2D eigenvalue weighted by molar-refractivity contribution is 9.10. The Bertz CT molecular complexity index is 435. The van der Waals surface area contributed by atoms with Crippen molar-refractivity contribution in [2.24, 2.45) is 11.8 Å². The van der Waals surface area contributed by atoms with Crippen molar-refractivity contribution in [2.45, 2.75) is 6.04 Å². The molecule has 4 heteroatoms. The van der Waals surface area contributed by atoms with Crippen LogP contribution in [0.15, 0.2) is 28.7 Å². The Morgan fingerprint density at radius 2 is 1.89 bits per heavy atom. The van der Waals surface area contributed by atoms with Gasteiger partial charge >= 0.3 is 0 Å². The number of nitrogens with zero attached hydrogens (tertiary/aromatic N) is 2. The van der Waals surface area contributed by atoms with Crippen molar-refractivity contribution >= 4 is 21.6 Å². The predicted octanol–water partition coefficient (Wildman–Crippen LogP) is 2.03. The average Bonchev–Trinajstić information content (AvgIpc) is 2.37. The van der Waals surface area contributed by atoms with Crippen LogP contribution in [0.5, 0.6) is 0 Å². The molecule has 2 aliphatic heterocycles. The van der Waals surface area contributed by atoms with Crippen LogP contribution in [0.2, 0.25) is 0 Å². The zero-order valence-corrected chi connectivity index (χ0v) is 13.2. The lowest BCUT2D eigenvalue weighted by Crippen LogP contribution is -2.63. The molecule has 2 bridgehead atoms. The molecule has 0 spiro atoms. The highest BCUT2D eigenvalue weighted by atomic mass is 79.9. The van der Waals surface area contributed by atoms with Gasteiger partial charge in [0, 0.05) is 54.2 Å². The number of halogens is 1. The molecular formula is C15H22BrN3. The average molecular weight is 324 g/mol. The minimum Gasteiger partial charge on any atom is -0.371 e. The van der Waals surface area contributed by atoms with Gasteiger partial charge in [0.2, 0.25) is 0 Å². The number of rotatable bonds is 2. The Labute approximate surface area is 124 Å². The third-order valence-electron chi connectivity index (χ3n) is 4.46. The highest BCUT2D eigenvalue weighted by Gasteiger charge is 2.40. The van der Waals surface area contributed by atoms with Crippen LogP contribution >= 0.6 is 15.9 Å². The molecule has 0 saturated carbocycles. The zero-order valence-electron chi connectivity index (χ0n) is 11.6. The highest BCUT2D eigenvalue weighted by Crippen LogP contribution is 2.32. The van der Waals surface area contributed by atoms with Gasteiger partial charge in [0.05, 0.1) is 0 Å². The molecule has 0 aromatic heterocycles. The van der Waals surface area contributed by atoms with Gasteiger partial charge in [0.15, 0.2) is 0 Å². The molecule has 1 aromatic carbocycles. The standard InChI is InChI=1S/C15H22BrN3/c1-18(2)15-11-7-17-8-12(15)10-19(9-11)14-5-3-4-13(16)6-14/h3-6,11-12,15,17H,7-10H2,1-2H3. The summed E-state index contributed by atoms with van der Waals surface area (Å²) in [5, 5.41) is 3.59. The molecule has 3 nitrogen and oxygen atoms in total. The van der Waals surface area contributed by atoms with E-state index in [1.54, 1.807) is 0 Å². The number of hydrogen-bond acceptors (Lipinski definition) is 3. The molecule has 1 N–H and O–H groups in total. The summed E-state index contributed by atoms with van der Waals surface area (Å²) in [5.41, 5.74) is 1.35. The van der Waals surface area contributed by atoms with Gasteiger partial charge in [-0.1, -0.05) is 22.0 Å². The van der Waals surface area contributed by atoms with Crippen molar-refractivity contribution in [2.75, 3.05) is 45.2 Å². The van der Waals surface area contributed by atoms with Crippen LogP contribution < -0.4 is 10.2 Å². The number of hydrogen-bond donors (Lipinski definition) is 1. The first-order valence-corrected chi connectivity index (χ1v) is 7.82. The van der Waals surface area contributed by atoms with Crippen molar-refractivity contribution in [3.8, 4) is 0 Å². The third-order valence-corrected chi connectivity index (χ3v) is 4.95. The molecular weight excluding hydrogens is 302 g/mol. The normalized spacial score (nSPS) is 30.7. The molecule has 19 heavy (non-hydrogen) atoms. The van der Waals surface area contributed by atoms with E-state index < -0.39 is 0 Å². The molecule has 0 aliphatic carbocycles. The van der Waals surface area contributed by atoms with Crippen molar-refractivity contribution in [3.05, 3.63) is 28.7 Å².